The molecule has 9 nitrogen and oxygen atoms in total. The number of nitrogens with zero attached hydrogens (tertiary/aromatic N) is 2. The van der Waals surface area contributed by atoms with Crippen molar-refractivity contribution in [1.82, 2.24) is 9.47 Å². The van der Waals surface area contributed by atoms with Gasteiger partial charge in [-0.15, -0.1) is 0 Å². The highest BCUT2D eigenvalue weighted by Gasteiger charge is 2.56. The lowest BCUT2D eigenvalue weighted by Gasteiger charge is -2.40. The minimum absolute atomic E-state index is 0.116. The van der Waals surface area contributed by atoms with Crippen LogP contribution < -0.4 is 9.47 Å². The van der Waals surface area contributed by atoms with Gasteiger partial charge in [0.2, 0.25) is 6.79 Å². The molecule has 1 aromatic heterocycles. The van der Waals surface area contributed by atoms with Crippen molar-refractivity contribution in [3.8, 4) is 11.5 Å². The van der Waals surface area contributed by atoms with E-state index in [2.05, 4.69) is 0 Å². The standard InChI is InChI=1S/C25H32N2O7/c1-23(2,3)33-21(28)26-10-7-14-15-11-17-18(32-13-31-17)12-16(15)27(22(29)34-24(4,5)6)19(14)20(26)25(30)8-9-25/h11-12,20,30H,7-10,13H2,1-6H3/t20-/m1/s1. The van der Waals surface area contributed by atoms with Crippen LogP contribution in [0.2, 0.25) is 0 Å². The smallest absolute Gasteiger partial charge is 0.419 e. The van der Waals surface area contributed by atoms with E-state index in [1.54, 1.807) is 52.5 Å². The highest BCUT2D eigenvalue weighted by Crippen LogP contribution is 2.54. The Morgan fingerprint density at radius 2 is 1.59 bits per heavy atom. The molecule has 1 atom stereocenters. The van der Waals surface area contributed by atoms with Crippen LogP contribution in [-0.4, -0.2) is 56.9 Å². The molecule has 1 N–H and O–H groups in total. The van der Waals surface area contributed by atoms with Gasteiger partial charge in [-0.25, -0.2) is 14.2 Å². The highest BCUT2D eigenvalue weighted by molar-refractivity contribution is 5.96. The van der Waals surface area contributed by atoms with Crippen LogP contribution in [0.25, 0.3) is 10.9 Å². The summed E-state index contributed by atoms with van der Waals surface area (Å²) in [6.07, 6.45) is 0.452. The monoisotopic (exact) mass is 472 g/mol. The molecule has 9 heteroatoms. The lowest BCUT2D eigenvalue weighted by Crippen LogP contribution is -2.49. The molecule has 0 saturated heterocycles. The van der Waals surface area contributed by atoms with Crippen LogP contribution in [0.15, 0.2) is 12.1 Å². The third kappa shape index (κ3) is 3.85. The Labute approximate surface area is 198 Å². The van der Waals surface area contributed by atoms with Crippen molar-refractivity contribution in [2.75, 3.05) is 13.3 Å². The largest absolute Gasteiger partial charge is 0.454 e. The van der Waals surface area contributed by atoms with Gasteiger partial charge in [-0.3, -0.25) is 4.90 Å². The second kappa shape index (κ2) is 7.28. The maximum atomic E-state index is 13.6. The fourth-order valence-corrected chi connectivity index (χ4v) is 4.79. The number of aromatic nitrogens is 1. The lowest BCUT2D eigenvalue weighted by atomic mass is 9.92. The van der Waals surface area contributed by atoms with Crippen molar-refractivity contribution >= 4 is 23.1 Å². The van der Waals surface area contributed by atoms with Crippen molar-refractivity contribution in [3.63, 3.8) is 0 Å². The van der Waals surface area contributed by atoms with Crippen molar-refractivity contribution in [1.29, 1.82) is 0 Å². The Morgan fingerprint density at radius 1 is 1.00 bits per heavy atom. The van der Waals surface area contributed by atoms with Crippen LogP contribution >= 0.6 is 0 Å². The molecule has 0 spiro atoms. The number of benzene rings is 1. The van der Waals surface area contributed by atoms with E-state index in [4.69, 9.17) is 18.9 Å². The van der Waals surface area contributed by atoms with Gasteiger partial charge in [-0.05, 0) is 72.4 Å². The zero-order valence-corrected chi connectivity index (χ0v) is 20.6. The number of amides is 1. The number of carbonyl (C=O) groups excluding carboxylic acids is 2. The summed E-state index contributed by atoms with van der Waals surface area (Å²) in [5.41, 5.74) is -0.516. The Morgan fingerprint density at radius 3 is 2.18 bits per heavy atom. The summed E-state index contributed by atoms with van der Waals surface area (Å²) in [5.74, 6) is 1.14. The normalized spacial score (nSPS) is 20.8. The first kappa shape index (κ1) is 22.8. The van der Waals surface area contributed by atoms with Gasteiger partial charge in [0.1, 0.15) is 17.2 Å². The highest BCUT2D eigenvalue weighted by atomic mass is 16.7. The summed E-state index contributed by atoms with van der Waals surface area (Å²) in [4.78, 5) is 28.3. The molecule has 34 heavy (non-hydrogen) atoms. The molecule has 1 saturated carbocycles. The number of carbonyl (C=O) groups is 2. The summed E-state index contributed by atoms with van der Waals surface area (Å²) in [6.45, 7) is 11.3. The minimum atomic E-state index is -1.14. The molecule has 5 rings (SSSR count). The van der Waals surface area contributed by atoms with E-state index in [0.717, 1.165) is 10.9 Å². The topological polar surface area (TPSA) is 99.5 Å². The van der Waals surface area contributed by atoms with E-state index in [1.165, 1.54) is 4.57 Å². The SMILES string of the molecule is CC(C)(C)OC(=O)N1CCc2c(n(C(=O)OC(C)(C)C)c3cc4c(cc23)OCO4)[C@@H]1C1(O)CC1. The number of hydrogen-bond acceptors (Lipinski definition) is 7. The van der Waals surface area contributed by atoms with Crippen LogP contribution in [0.3, 0.4) is 0 Å². The summed E-state index contributed by atoms with van der Waals surface area (Å²) in [5, 5.41) is 12.2. The molecule has 1 fully saturated rings. The van der Waals surface area contributed by atoms with E-state index in [-0.39, 0.29) is 6.79 Å². The third-order valence-corrected chi connectivity index (χ3v) is 6.26. The van der Waals surface area contributed by atoms with Crippen molar-refractivity contribution in [3.05, 3.63) is 23.4 Å². The van der Waals surface area contributed by atoms with E-state index in [1.807, 2.05) is 6.07 Å². The Balaban J connectivity index is 1.72. The van der Waals surface area contributed by atoms with Crippen LogP contribution in [0.1, 0.15) is 71.7 Å². The maximum Gasteiger partial charge on any atom is 0.419 e. The molecule has 1 aromatic carbocycles. The van der Waals surface area contributed by atoms with Crippen molar-refractivity contribution in [2.45, 2.75) is 83.6 Å². The summed E-state index contributed by atoms with van der Waals surface area (Å²) in [7, 11) is 0. The molecule has 184 valence electrons. The van der Waals surface area contributed by atoms with E-state index >= 15 is 0 Å². The molecule has 0 bridgehead atoms. The lowest BCUT2D eigenvalue weighted by molar-refractivity contribution is -0.0196. The quantitative estimate of drug-likeness (QED) is 0.652. The number of fused-ring (bicyclic) bond motifs is 4. The van der Waals surface area contributed by atoms with Gasteiger partial charge in [0, 0.05) is 18.0 Å². The molecule has 2 aliphatic heterocycles. The minimum Gasteiger partial charge on any atom is -0.454 e. The Kier molecular flexibility index (Phi) is 4.89. The van der Waals surface area contributed by atoms with E-state index in [0.29, 0.717) is 48.5 Å². The fourth-order valence-electron chi connectivity index (χ4n) is 4.79. The van der Waals surface area contributed by atoms with Crippen LogP contribution in [0.4, 0.5) is 9.59 Å². The summed E-state index contributed by atoms with van der Waals surface area (Å²) in [6, 6.07) is 2.89. The van der Waals surface area contributed by atoms with Gasteiger partial charge in [0.05, 0.1) is 16.8 Å². The molecule has 0 radical (unpaired) electrons. The van der Waals surface area contributed by atoms with Gasteiger partial charge >= 0.3 is 12.2 Å². The van der Waals surface area contributed by atoms with E-state index in [9.17, 15) is 14.7 Å². The number of ether oxygens (including phenoxy) is 4. The third-order valence-electron chi connectivity index (χ3n) is 6.26. The molecule has 3 aliphatic rings. The summed E-state index contributed by atoms with van der Waals surface area (Å²) < 4.78 is 24.1. The first-order valence-electron chi connectivity index (χ1n) is 11.7. The van der Waals surface area contributed by atoms with Crippen LogP contribution in [0.5, 0.6) is 11.5 Å². The zero-order chi connectivity index (χ0) is 24.6. The molecule has 1 amide bonds. The van der Waals surface area contributed by atoms with Gasteiger partial charge in [0.15, 0.2) is 11.5 Å². The van der Waals surface area contributed by atoms with Crippen LogP contribution in [0, 0.1) is 0 Å². The van der Waals surface area contributed by atoms with Gasteiger partial charge < -0.3 is 24.1 Å². The Hall–Kier alpha value is -2.94. The predicted octanol–water partition coefficient (Wildman–Crippen LogP) is 4.51. The molecular weight excluding hydrogens is 440 g/mol. The number of rotatable bonds is 1. The first-order valence-corrected chi connectivity index (χ1v) is 11.7. The van der Waals surface area contributed by atoms with Crippen molar-refractivity contribution < 1.29 is 33.6 Å². The molecule has 3 heterocycles. The van der Waals surface area contributed by atoms with Crippen molar-refractivity contribution in [2.24, 2.45) is 0 Å². The molecular formula is C25H32N2O7. The zero-order valence-electron chi connectivity index (χ0n) is 20.6. The predicted molar refractivity (Wildman–Crippen MR) is 123 cm³/mol. The fraction of sp³-hybridized carbons (Fsp3) is 0.600. The average Bonchev–Trinajstić information content (AvgIpc) is 3.15. The molecule has 0 unspecified atom stereocenters. The maximum absolute atomic E-state index is 13.6. The number of aliphatic hydroxyl groups is 1. The van der Waals surface area contributed by atoms with Gasteiger partial charge in [0.25, 0.3) is 0 Å². The van der Waals surface area contributed by atoms with E-state index < -0.39 is 35.0 Å². The summed E-state index contributed by atoms with van der Waals surface area (Å²) >= 11 is 0. The first-order chi connectivity index (χ1) is 15.8. The second-order valence-corrected chi connectivity index (χ2v) is 11.3. The van der Waals surface area contributed by atoms with Crippen LogP contribution in [-0.2, 0) is 15.9 Å². The average molecular weight is 473 g/mol. The molecule has 2 aromatic rings. The van der Waals surface area contributed by atoms with Gasteiger partial charge in [-0.1, -0.05) is 0 Å². The Bertz CT molecular complexity index is 1180. The van der Waals surface area contributed by atoms with Gasteiger partial charge in [-0.2, -0.15) is 0 Å². The number of hydrogen-bond donors (Lipinski definition) is 1. The second-order valence-electron chi connectivity index (χ2n) is 11.3. The molecule has 1 aliphatic carbocycles.